The molecule has 0 spiro atoms. The highest BCUT2D eigenvalue weighted by Gasteiger charge is 2.06. The fourth-order valence-corrected chi connectivity index (χ4v) is 2.87. The largest absolute Gasteiger partial charge is 0.352 e. The van der Waals surface area contributed by atoms with Gasteiger partial charge in [-0.2, -0.15) is 0 Å². The molecule has 2 rings (SSSR count). The highest BCUT2D eigenvalue weighted by Crippen LogP contribution is 2.13. The van der Waals surface area contributed by atoms with Crippen LogP contribution in [0.1, 0.15) is 44.9 Å². The molecule has 0 fully saturated rings. The molecule has 0 bridgehead atoms. The zero-order chi connectivity index (χ0) is 18.8. The minimum atomic E-state index is 0.348. The van der Waals surface area contributed by atoms with Gasteiger partial charge in [0.15, 0.2) is 0 Å². The molecule has 0 aliphatic carbocycles. The lowest BCUT2D eigenvalue weighted by atomic mass is 10.2. The molecule has 140 valence electrons. The summed E-state index contributed by atoms with van der Waals surface area (Å²) in [6.07, 6.45) is 8.08. The second kappa shape index (κ2) is 10.9. The van der Waals surface area contributed by atoms with Gasteiger partial charge in [0.05, 0.1) is 5.69 Å². The number of hydrogen-bond donors (Lipinski definition) is 1. The Bertz CT molecular complexity index is 681. The molecule has 0 radical (unpaired) electrons. The van der Waals surface area contributed by atoms with E-state index in [-0.39, 0.29) is 0 Å². The Labute approximate surface area is 162 Å². The first kappa shape index (κ1) is 20.4. The Balaban J connectivity index is 1.86. The van der Waals surface area contributed by atoms with Crippen molar-refractivity contribution in [2.24, 2.45) is 0 Å². The molecular formula is C21H29ClN4. The third kappa shape index (κ3) is 7.14. The smallest absolute Gasteiger partial charge is 0.223 e. The number of anilines is 1. The highest BCUT2D eigenvalue weighted by atomic mass is 35.5. The van der Waals surface area contributed by atoms with E-state index in [1.54, 1.807) is 6.20 Å². The van der Waals surface area contributed by atoms with Crippen molar-refractivity contribution in [2.45, 2.75) is 39.7 Å². The van der Waals surface area contributed by atoms with Crippen LogP contribution in [0.2, 0.25) is 5.02 Å². The number of halogens is 1. The molecule has 1 unspecified atom stereocenters. The Morgan fingerprint density at radius 3 is 2.54 bits per heavy atom. The van der Waals surface area contributed by atoms with Crippen LogP contribution in [0.4, 0.5) is 5.95 Å². The van der Waals surface area contributed by atoms with Crippen molar-refractivity contribution in [3.63, 3.8) is 0 Å². The summed E-state index contributed by atoms with van der Waals surface area (Å²) in [5, 5.41) is 4.15. The van der Waals surface area contributed by atoms with E-state index in [2.05, 4.69) is 41.0 Å². The van der Waals surface area contributed by atoms with E-state index in [0.717, 1.165) is 42.3 Å². The number of nitrogens with one attached hydrogen (secondary N) is 1. The molecule has 5 heteroatoms. The fourth-order valence-electron chi connectivity index (χ4n) is 2.74. The molecule has 0 aliphatic rings. The Morgan fingerprint density at radius 1 is 1.12 bits per heavy atom. The Morgan fingerprint density at radius 2 is 1.85 bits per heavy atom. The van der Waals surface area contributed by atoms with Gasteiger partial charge in [-0.15, -0.1) is 0 Å². The van der Waals surface area contributed by atoms with Crippen LogP contribution in [-0.2, 0) is 0 Å². The molecule has 1 aromatic carbocycles. The highest BCUT2D eigenvalue weighted by molar-refractivity contribution is 6.30. The summed E-state index contributed by atoms with van der Waals surface area (Å²) in [6.45, 7) is 9.97. The standard InChI is InChI=1S/C21H29ClN4/c1-4-26(5-2)16-6-7-17(3)24-21-23-15-14-20(25-21)13-10-18-8-11-19(22)12-9-18/h8-15,17H,4-7,16H2,1-3H3,(H,23,24,25). The average Bonchev–Trinajstić information content (AvgIpc) is 2.65. The number of aromatic nitrogens is 2. The van der Waals surface area contributed by atoms with Gasteiger partial charge in [0.1, 0.15) is 0 Å². The van der Waals surface area contributed by atoms with Crippen LogP contribution < -0.4 is 5.32 Å². The lowest BCUT2D eigenvalue weighted by molar-refractivity contribution is 0.295. The van der Waals surface area contributed by atoms with E-state index in [1.807, 2.05) is 42.5 Å². The third-order valence-electron chi connectivity index (χ3n) is 4.38. The molecule has 0 saturated carbocycles. The predicted molar refractivity (Wildman–Crippen MR) is 113 cm³/mol. The van der Waals surface area contributed by atoms with Crippen molar-refractivity contribution in [2.75, 3.05) is 25.0 Å². The summed E-state index contributed by atoms with van der Waals surface area (Å²) < 4.78 is 0. The van der Waals surface area contributed by atoms with Gasteiger partial charge in [-0.3, -0.25) is 0 Å². The van der Waals surface area contributed by atoms with E-state index in [9.17, 15) is 0 Å². The molecule has 4 nitrogen and oxygen atoms in total. The normalized spacial score (nSPS) is 12.7. The van der Waals surface area contributed by atoms with Crippen molar-refractivity contribution in [3.05, 3.63) is 52.8 Å². The van der Waals surface area contributed by atoms with Gasteiger partial charge >= 0.3 is 0 Å². The molecule has 1 N–H and O–H groups in total. The lowest BCUT2D eigenvalue weighted by Gasteiger charge is -2.19. The first-order valence-electron chi connectivity index (χ1n) is 9.36. The third-order valence-corrected chi connectivity index (χ3v) is 4.63. The summed E-state index contributed by atoms with van der Waals surface area (Å²) in [6, 6.07) is 9.99. The maximum atomic E-state index is 5.91. The Kier molecular flexibility index (Phi) is 8.59. The van der Waals surface area contributed by atoms with E-state index in [0.29, 0.717) is 12.0 Å². The SMILES string of the molecule is CCN(CC)CCCC(C)Nc1nccc(C=Cc2ccc(Cl)cc2)n1. The Hall–Kier alpha value is -1.91. The number of benzene rings is 1. The van der Waals surface area contributed by atoms with Gasteiger partial charge in [-0.25, -0.2) is 9.97 Å². The van der Waals surface area contributed by atoms with E-state index in [1.165, 1.54) is 6.42 Å². The van der Waals surface area contributed by atoms with Crippen molar-refractivity contribution >= 4 is 29.7 Å². The summed E-state index contributed by atoms with van der Waals surface area (Å²) >= 11 is 5.91. The maximum absolute atomic E-state index is 5.91. The molecular weight excluding hydrogens is 344 g/mol. The van der Waals surface area contributed by atoms with Crippen LogP contribution in [0.3, 0.4) is 0 Å². The molecule has 2 aromatic rings. The van der Waals surface area contributed by atoms with E-state index >= 15 is 0 Å². The first-order chi connectivity index (χ1) is 12.6. The molecule has 26 heavy (non-hydrogen) atoms. The average molecular weight is 373 g/mol. The quantitative estimate of drug-likeness (QED) is 0.620. The van der Waals surface area contributed by atoms with Gasteiger partial charge in [0, 0.05) is 17.3 Å². The fraction of sp³-hybridized carbons (Fsp3) is 0.429. The van der Waals surface area contributed by atoms with Crippen LogP contribution in [0.25, 0.3) is 12.2 Å². The van der Waals surface area contributed by atoms with Crippen LogP contribution in [0.5, 0.6) is 0 Å². The van der Waals surface area contributed by atoms with Gasteiger partial charge in [0.2, 0.25) is 5.95 Å². The van der Waals surface area contributed by atoms with Crippen LogP contribution in [-0.4, -0.2) is 40.5 Å². The van der Waals surface area contributed by atoms with Gasteiger partial charge in [-0.1, -0.05) is 43.7 Å². The second-order valence-electron chi connectivity index (χ2n) is 6.40. The topological polar surface area (TPSA) is 41.0 Å². The number of hydrogen-bond acceptors (Lipinski definition) is 4. The van der Waals surface area contributed by atoms with Crippen LogP contribution in [0.15, 0.2) is 36.5 Å². The summed E-state index contributed by atoms with van der Waals surface area (Å²) in [4.78, 5) is 11.4. The minimum absolute atomic E-state index is 0.348. The second-order valence-corrected chi connectivity index (χ2v) is 6.84. The summed E-state index contributed by atoms with van der Waals surface area (Å²) in [5.74, 6) is 0.679. The molecule has 0 amide bonds. The minimum Gasteiger partial charge on any atom is -0.352 e. The molecule has 1 heterocycles. The molecule has 0 saturated heterocycles. The van der Waals surface area contributed by atoms with Gasteiger partial charge in [-0.05, 0) is 69.2 Å². The van der Waals surface area contributed by atoms with Crippen molar-refractivity contribution in [1.29, 1.82) is 0 Å². The van der Waals surface area contributed by atoms with Gasteiger partial charge < -0.3 is 10.2 Å². The zero-order valence-corrected chi connectivity index (χ0v) is 16.7. The number of nitrogens with zero attached hydrogens (tertiary/aromatic N) is 3. The van der Waals surface area contributed by atoms with E-state index < -0.39 is 0 Å². The maximum Gasteiger partial charge on any atom is 0.223 e. The monoisotopic (exact) mass is 372 g/mol. The van der Waals surface area contributed by atoms with Gasteiger partial charge in [0.25, 0.3) is 0 Å². The summed E-state index contributed by atoms with van der Waals surface area (Å²) in [5.41, 5.74) is 1.97. The predicted octanol–water partition coefficient (Wildman–Crippen LogP) is 5.22. The first-order valence-corrected chi connectivity index (χ1v) is 9.74. The molecule has 1 atom stereocenters. The van der Waals surface area contributed by atoms with Crippen LogP contribution in [0, 0.1) is 0 Å². The van der Waals surface area contributed by atoms with Crippen molar-refractivity contribution in [3.8, 4) is 0 Å². The lowest BCUT2D eigenvalue weighted by Crippen LogP contribution is -2.26. The molecule has 1 aromatic heterocycles. The zero-order valence-electron chi connectivity index (χ0n) is 16.0. The van der Waals surface area contributed by atoms with Crippen molar-refractivity contribution < 1.29 is 0 Å². The van der Waals surface area contributed by atoms with Crippen molar-refractivity contribution in [1.82, 2.24) is 14.9 Å². The van der Waals surface area contributed by atoms with E-state index in [4.69, 9.17) is 11.6 Å². The van der Waals surface area contributed by atoms with Crippen LogP contribution >= 0.6 is 11.6 Å². The summed E-state index contributed by atoms with van der Waals surface area (Å²) in [7, 11) is 0. The molecule has 0 aliphatic heterocycles. The number of rotatable bonds is 10.